The summed E-state index contributed by atoms with van der Waals surface area (Å²) in [5.74, 6) is 0.407. The molecule has 18 heavy (non-hydrogen) atoms. The maximum atomic E-state index is 13.1. The number of hydrogen-bond acceptors (Lipinski definition) is 2. The summed E-state index contributed by atoms with van der Waals surface area (Å²) in [6.45, 7) is 4.43. The molecule has 1 aromatic heterocycles. The van der Waals surface area contributed by atoms with Crippen LogP contribution in [0.4, 0.5) is 4.39 Å². The van der Waals surface area contributed by atoms with E-state index in [1.165, 1.54) is 12.1 Å². The van der Waals surface area contributed by atoms with Crippen LogP contribution in [0.15, 0.2) is 30.6 Å². The fourth-order valence-corrected chi connectivity index (χ4v) is 1.86. The number of carbonyl (C=O) groups excluding carboxylic acids is 1. The lowest BCUT2D eigenvalue weighted by atomic mass is 10.1. The van der Waals surface area contributed by atoms with Crippen molar-refractivity contribution in [3.8, 4) is 0 Å². The van der Waals surface area contributed by atoms with Crippen LogP contribution in [0.25, 0.3) is 0 Å². The Morgan fingerprint density at radius 2 is 2.22 bits per heavy atom. The molecule has 0 amide bonds. The first-order chi connectivity index (χ1) is 8.61. The molecule has 4 heteroatoms. The van der Waals surface area contributed by atoms with Crippen molar-refractivity contribution in [3.05, 3.63) is 53.4 Å². The zero-order valence-corrected chi connectivity index (χ0v) is 10.5. The number of Topliss-reactive ketones (excluding diaryl/α,β-unsaturated/α-hetero) is 1. The minimum Gasteiger partial charge on any atom is -0.335 e. The Morgan fingerprint density at radius 3 is 2.89 bits per heavy atom. The largest absolute Gasteiger partial charge is 0.335 e. The second-order valence-electron chi connectivity index (χ2n) is 4.19. The van der Waals surface area contributed by atoms with E-state index in [1.807, 2.05) is 17.7 Å². The fourth-order valence-electron chi connectivity index (χ4n) is 1.86. The number of rotatable bonds is 4. The van der Waals surface area contributed by atoms with Gasteiger partial charge in [-0.1, -0.05) is 0 Å². The molecular weight excluding hydrogens is 231 g/mol. The molecule has 0 saturated heterocycles. The van der Waals surface area contributed by atoms with Gasteiger partial charge in [-0.05, 0) is 37.6 Å². The number of aromatic nitrogens is 2. The standard InChI is InChI=1S/C14H15FN2O/c1-3-17-7-6-16-14(17)9-13(18)11-4-5-12(15)10(2)8-11/h4-8H,3,9H2,1-2H3. The molecule has 0 aliphatic heterocycles. The summed E-state index contributed by atoms with van der Waals surface area (Å²) >= 11 is 0. The van der Waals surface area contributed by atoms with Crippen molar-refractivity contribution in [2.45, 2.75) is 26.8 Å². The molecule has 0 spiro atoms. The molecule has 2 aromatic rings. The fraction of sp³-hybridized carbons (Fsp3) is 0.286. The molecule has 3 nitrogen and oxygen atoms in total. The van der Waals surface area contributed by atoms with Crippen LogP contribution in [0.2, 0.25) is 0 Å². The SMILES string of the molecule is CCn1ccnc1CC(=O)c1ccc(F)c(C)c1. The highest BCUT2D eigenvalue weighted by atomic mass is 19.1. The summed E-state index contributed by atoms with van der Waals surface area (Å²) in [4.78, 5) is 16.2. The van der Waals surface area contributed by atoms with Crippen molar-refractivity contribution >= 4 is 5.78 Å². The van der Waals surface area contributed by atoms with Gasteiger partial charge in [0.1, 0.15) is 11.6 Å². The lowest BCUT2D eigenvalue weighted by Crippen LogP contribution is -2.10. The summed E-state index contributed by atoms with van der Waals surface area (Å²) in [5.41, 5.74) is 1.01. The van der Waals surface area contributed by atoms with Gasteiger partial charge < -0.3 is 4.57 Å². The van der Waals surface area contributed by atoms with Gasteiger partial charge in [-0.2, -0.15) is 0 Å². The molecule has 0 fully saturated rings. The normalized spacial score (nSPS) is 10.6. The summed E-state index contributed by atoms with van der Waals surface area (Å²) in [5, 5.41) is 0. The maximum absolute atomic E-state index is 13.1. The van der Waals surface area contributed by atoms with Gasteiger partial charge in [0.05, 0.1) is 6.42 Å². The maximum Gasteiger partial charge on any atom is 0.170 e. The molecule has 94 valence electrons. The summed E-state index contributed by atoms with van der Waals surface area (Å²) in [6, 6.07) is 4.43. The van der Waals surface area contributed by atoms with Crippen LogP contribution in [0, 0.1) is 12.7 Å². The van der Waals surface area contributed by atoms with E-state index >= 15 is 0 Å². The molecule has 1 aromatic carbocycles. The van der Waals surface area contributed by atoms with Crippen molar-refractivity contribution in [1.82, 2.24) is 9.55 Å². The van der Waals surface area contributed by atoms with Crippen LogP contribution in [-0.2, 0) is 13.0 Å². The van der Waals surface area contributed by atoms with Crippen LogP contribution in [0.5, 0.6) is 0 Å². The number of hydrogen-bond donors (Lipinski definition) is 0. The third-order valence-corrected chi connectivity index (χ3v) is 2.94. The predicted octanol–water partition coefficient (Wildman–Crippen LogP) is 2.78. The van der Waals surface area contributed by atoms with Gasteiger partial charge in [0.2, 0.25) is 0 Å². The zero-order valence-electron chi connectivity index (χ0n) is 10.5. The first-order valence-corrected chi connectivity index (χ1v) is 5.91. The molecule has 2 rings (SSSR count). The first-order valence-electron chi connectivity index (χ1n) is 5.91. The molecular formula is C14H15FN2O. The lowest BCUT2D eigenvalue weighted by molar-refractivity contribution is 0.0989. The van der Waals surface area contributed by atoms with Gasteiger partial charge in [-0.3, -0.25) is 4.79 Å². The summed E-state index contributed by atoms with van der Waals surface area (Å²) in [6.07, 6.45) is 3.77. The monoisotopic (exact) mass is 246 g/mol. The number of aryl methyl sites for hydroxylation is 2. The predicted molar refractivity (Wildman–Crippen MR) is 67.1 cm³/mol. The van der Waals surface area contributed by atoms with E-state index in [-0.39, 0.29) is 18.0 Å². The minimum absolute atomic E-state index is 0.0426. The van der Waals surface area contributed by atoms with E-state index < -0.39 is 0 Å². The smallest absolute Gasteiger partial charge is 0.170 e. The first kappa shape index (κ1) is 12.5. The Balaban J connectivity index is 2.19. The molecule has 0 radical (unpaired) electrons. The van der Waals surface area contributed by atoms with Crippen LogP contribution in [0.3, 0.4) is 0 Å². The Morgan fingerprint density at radius 1 is 1.44 bits per heavy atom. The number of carbonyl (C=O) groups is 1. The van der Waals surface area contributed by atoms with E-state index in [1.54, 1.807) is 19.2 Å². The number of ketones is 1. The number of imidazole rings is 1. The highest BCUT2D eigenvalue weighted by molar-refractivity contribution is 5.97. The second-order valence-corrected chi connectivity index (χ2v) is 4.19. The Labute approximate surface area is 105 Å². The Bertz CT molecular complexity index is 575. The van der Waals surface area contributed by atoms with Crippen molar-refractivity contribution in [1.29, 1.82) is 0 Å². The average molecular weight is 246 g/mol. The van der Waals surface area contributed by atoms with Crippen LogP contribution < -0.4 is 0 Å². The van der Waals surface area contributed by atoms with Crippen molar-refractivity contribution < 1.29 is 9.18 Å². The quantitative estimate of drug-likeness (QED) is 0.777. The van der Waals surface area contributed by atoms with Gasteiger partial charge >= 0.3 is 0 Å². The molecule has 0 bridgehead atoms. The molecule has 0 atom stereocenters. The van der Waals surface area contributed by atoms with Crippen molar-refractivity contribution in [2.75, 3.05) is 0 Å². The topological polar surface area (TPSA) is 34.9 Å². The van der Waals surface area contributed by atoms with Gasteiger partial charge in [0, 0.05) is 24.5 Å². The van der Waals surface area contributed by atoms with Gasteiger partial charge in [0.15, 0.2) is 5.78 Å². The summed E-state index contributed by atoms with van der Waals surface area (Å²) < 4.78 is 15.1. The lowest BCUT2D eigenvalue weighted by Gasteiger charge is -2.05. The average Bonchev–Trinajstić information content (AvgIpc) is 2.79. The molecule has 0 saturated carbocycles. The van der Waals surface area contributed by atoms with Gasteiger partial charge in [-0.25, -0.2) is 9.37 Å². The molecule has 0 aliphatic rings. The van der Waals surface area contributed by atoms with E-state index in [0.717, 1.165) is 12.4 Å². The third kappa shape index (κ3) is 2.47. The van der Waals surface area contributed by atoms with E-state index in [2.05, 4.69) is 4.98 Å². The molecule has 0 unspecified atom stereocenters. The van der Waals surface area contributed by atoms with Gasteiger partial charge in [-0.15, -0.1) is 0 Å². The van der Waals surface area contributed by atoms with E-state index in [9.17, 15) is 9.18 Å². The number of halogens is 1. The number of benzene rings is 1. The van der Waals surface area contributed by atoms with Crippen molar-refractivity contribution in [3.63, 3.8) is 0 Å². The highest BCUT2D eigenvalue weighted by Gasteiger charge is 2.12. The van der Waals surface area contributed by atoms with Crippen molar-refractivity contribution in [2.24, 2.45) is 0 Å². The second kappa shape index (κ2) is 5.12. The van der Waals surface area contributed by atoms with Crippen LogP contribution in [-0.4, -0.2) is 15.3 Å². The van der Waals surface area contributed by atoms with E-state index in [0.29, 0.717) is 11.1 Å². The minimum atomic E-state index is -0.290. The molecule has 0 aliphatic carbocycles. The zero-order chi connectivity index (χ0) is 13.1. The molecule has 1 heterocycles. The summed E-state index contributed by atoms with van der Waals surface area (Å²) in [7, 11) is 0. The number of nitrogens with zero attached hydrogens (tertiary/aromatic N) is 2. The molecule has 0 N–H and O–H groups in total. The van der Waals surface area contributed by atoms with Gasteiger partial charge in [0.25, 0.3) is 0 Å². The third-order valence-electron chi connectivity index (χ3n) is 2.94. The Kier molecular flexibility index (Phi) is 3.55. The Hall–Kier alpha value is -1.97. The highest BCUT2D eigenvalue weighted by Crippen LogP contribution is 2.12. The van der Waals surface area contributed by atoms with Crippen LogP contribution >= 0.6 is 0 Å². The van der Waals surface area contributed by atoms with E-state index in [4.69, 9.17) is 0 Å². The van der Waals surface area contributed by atoms with Crippen LogP contribution in [0.1, 0.15) is 28.7 Å².